The maximum absolute atomic E-state index is 12.9. The number of hydrogen-bond acceptors (Lipinski definition) is 3. The Kier molecular flexibility index (Phi) is 5.43. The lowest BCUT2D eigenvalue weighted by atomic mass is 9.88. The van der Waals surface area contributed by atoms with Crippen molar-refractivity contribution in [2.75, 3.05) is 13.1 Å². The molecule has 0 radical (unpaired) electrons. The molecule has 0 aliphatic carbocycles. The van der Waals surface area contributed by atoms with Crippen LogP contribution in [-0.4, -0.2) is 34.7 Å². The van der Waals surface area contributed by atoms with Gasteiger partial charge in [0.05, 0.1) is 5.52 Å². The Morgan fingerprint density at radius 1 is 0.966 bits per heavy atom. The third kappa shape index (κ3) is 4.07. The second-order valence-corrected chi connectivity index (χ2v) is 8.11. The number of rotatable bonds is 4. The smallest absolute Gasteiger partial charge is 0.225 e. The molecule has 1 aliphatic rings. The lowest BCUT2D eigenvalue weighted by molar-refractivity contribution is -0.135. The molecule has 0 unspecified atom stereocenters. The highest BCUT2D eigenvalue weighted by Gasteiger charge is 2.28. The van der Waals surface area contributed by atoms with Gasteiger partial charge in [-0.25, -0.2) is 0 Å². The van der Waals surface area contributed by atoms with Gasteiger partial charge in [-0.05, 0) is 42.2 Å². The van der Waals surface area contributed by atoms with E-state index in [1.807, 2.05) is 55.1 Å². The number of carbonyl (C=O) groups is 2. The summed E-state index contributed by atoms with van der Waals surface area (Å²) < 4.78 is 0. The highest BCUT2D eigenvalue weighted by Crippen LogP contribution is 2.26. The van der Waals surface area contributed by atoms with E-state index in [1.54, 1.807) is 6.20 Å². The van der Waals surface area contributed by atoms with Gasteiger partial charge in [0.2, 0.25) is 5.91 Å². The second-order valence-electron chi connectivity index (χ2n) is 8.11. The van der Waals surface area contributed by atoms with E-state index in [-0.39, 0.29) is 23.5 Å². The summed E-state index contributed by atoms with van der Waals surface area (Å²) in [6, 6.07) is 18.1. The Balaban J connectivity index is 1.45. The van der Waals surface area contributed by atoms with Crippen molar-refractivity contribution in [1.82, 2.24) is 9.88 Å². The van der Waals surface area contributed by atoms with E-state index in [0.29, 0.717) is 13.1 Å². The van der Waals surface area contributed by atoms with Crippen LogP contribution in [0.25, 0.3) is 22.0 Å². The molecule has 2 aromatic carbocycles. The summed E-state index contributed by atoms with van der Waals surface area (Å²) in [6.07, 6.45) is 3.29. The van der Waals surface area contributed by atoms with E-state index >= 15 is 0 Å². The fourth-order valence-corrected chi connectivity index (χ4v) is 4.05. The van der Waals surface area contributed by atoms with Crippen LogP contribution < -0.4 is 0 Å². The SMILES string of the molecule is CC(C)C(=O)N1CCC(C(=O)c2ccc(-c3ccc4ncccc4c3)cc2)CC1. The number of benzene rings is 2. The summed E-state index contributed by atoms with van der Waals surface area (Å²) in [5.74, 6) is 0.395. The van der Waals surface area contributed by atoms with Gasteiger partial charge in [0, 0.05) is 42.1 Å². The molecular weight excluding hydrogens is 360 g/mol. The second kappa shape index (κ2) is 8.16. The minimum Gasteiger partial charge on any atom is -0.342 e. The molecule has 1 saturated heterocycles. The fraction of sp³-hybridized carbons (Fsp3) is 0.320. The van der Waals surface area contributed by atoms with Crippen LogP contribution in [0.2, 0.25) is 0 Å². The molecule has 0 atom stereocenters. The Bertz CT molecular complexity index is 1030. The standard InChI is InChI=1S/C25H26N2O2/c1-17(2)25(29)27-14-11-20(12-15-27)24(28)19-7-5-18(6-8-19)21-9-10-23-22(16-21)4-3-13-26-23/h3-10,13,16-17,20H,11-12,14-15H2,1-2H3. The van der Waals surface area contributed by atoms with Crippen LogP contribution in [-0.2, 0) is 4.79 Å². The average Bonchev–Trinajstić information content (AvgIpc) is 2.78. The molecule has 0 N–H and O–H groups in total. The van der Waals surface area contributed by atoms with Gasteiger partial charge in [-0.2, -0.15) is 0 Å². The summed E-state index contributed by atoms with van der Waals surface area (Å²) in [7, 11) is 0. The molecule has 2 heterocycles. The minimum atomic E-state index is 0.00352. The molecule has 1 aliphatic heterocycles. The predicted molar refractivity (Wildman–Crippen MR) is 116 cm³/mol. The number of amides is 1. The van der Waals surface area contributed by atoms with E-state index in [0.717, 1.165) is 40.4 Å². The zero-order valence-electron chi connectivity index (χ0n) is 17.0. The van der Waals surface area contributed by atoms with Crippen LogP contribution in [0.4, 0.5) is 0 Å². The highest BCUT2D eigenvalue weighted by atomic mass is 16.2. The maximum atomic E-state index is 12.9. The molecule has 1 aromatic heterocycles. The largest absolute Gasteiger partial charge is 0.342 e. The Hall–Kier alpha value is -3.01. The molecule has 1 fully saturated rings. The minimum absolute atomic E-state index is 0.00352. The van der Waals surface area contributed by atoms with Gasteiger partial charge in [0.25, 0.3) is 0 Å². The number of likely N-dealkylation sites (tertiary alicyclic amines) is 1. The van der Waals surface area contributed by atoms with E-state index in [4.69, 9.17) is 0 Å². The molecule has 4 heteroatoms. The molecule has 0 bridgehead atoms. The number of piperidine rings is 1. The summed E-state index contributed by atoms with van der Waals surface area (Å²) in [6.45, 7) is 5.20. The van der Waals surface area contributed by atoms with Gasteiger partial charge in [-0.3, -0.25) is 14.6 Å². The monoisotopic (exact) mass is 386 g/mol. The van der Waals surface area contributed by atoms with Crippen molar-refractivity contribution >= 4 is 22.6 Å². The van der Waals surface area contributed by atoms with Crippen molar-refractivity contribution in [3.8, 4) is 11.1 Å². The van der Waals surface area contributed by atoms with Gasteiger partial charge < -0.3 is 4.90 Å². The number of ketones is 1. The predicted octanol–water partition coefficient (Wildman–Crippen LogP) is 4.98. The van der Waals surface area contributed by atoms with Crippen molar-refractivity contribution in [2.24, 2.45) is 11.8 Å². The summed E-state index contributed by atoms with van der Waals surface area (Å²) in [5, 5.41) is 1.10. The zero-order valence-corrected chi connectivity index (χ0v) is 17.0. The number of pyridine rings is 1. The molecule has 4 rings (SSSR count). The van der Waals surface area contributed by atoms with Crippen LogP contribution in [0.5, 0.6) is 0 Å². The summed E-state index contributed by atoms with van der Waals surface area (Å²) in [5.41, 5.74) is 3.94. The van der Waals surface area contributed by atoms with Crippen molar-refractivity contribution in [3.05, 3.63) is 66.4 Å². The van der Waals surface area contributed by atoms with E-state index in [1.165, 1.54) is 0 Å². The first-order chi connectivity index (χ1) is 14.0. The summed E-state index contributed by atoms with van der Waals surface area (Å²) in [4.78, 5) is 31.3. The van der Waals surface area contributed by atoms with Gasteiger partial charge in [-0.15, -0.1) is 0 Å². The first-order valence-corrected chi connectivity index (χ1v) is 10.3. The third-order valence-electron chi connectivity index (χ3n) is 5.78. The molecule has 0 spiro atoms. The third-order valence-corrected chi connectivity index (χ3v) is 5.78. The van der Waals surface area contributed by atoms with Crippen LogP contribution >= 0.6 is 0 Å². The number of aromatic nitrogens is 1. The first kappa shape index (κ1) is 19.3. The van der Waals surface area contributed by atoms with Gasteiger partial charge >= 0.3 is 0 Å². The quantitative estimate of drug-likeness (QED) is 0.594. The van der Waals surface area contributed by atoms with Crippen molar-refractivity contribution in [2.45, 2.75) is 26.7 Å². The van der Waals surface area contributed by atoms with Crippen LogP contribution in [0, 0.1) is 11.8 Å². The lowest BCUT2D eigenvalue weighted by Crippen LogP contribution is -2.42. The molecule has 29 heavy (non-hydrogen) atoms. The Labute approximate surface area is 171 Å². The molecule has 3 aromatic rings. The number of hydrogen-bond donors (Lipinski definition) is 0. The molecule has 4 nitrogen and oxygen atoms in total. The molecular formula is C25H26N2O2. The van der Waals surface area contributed by atoms with Gasteiger partial charge in [-0.1, -0.05) is 50.2 Å². The molecule has 1 amide bonds. The molecule has 0 saturated carbocycles. The van der Waals surface area contributed by atoms with E-state index < -0.39 is 0 Å². The van der Waals surface area contributed by atoms with Gasteiger partial charge in [0.15, 0.2) is 5.78 Å². The maximum Gasteiger partial charge on any atom is 0.225 e. The highest BCUT2D eigenvalue weighted by molar-refractivity contribution is 5.98. The lowest BCUT2D eigenvalue weighted by Gasteiger charge is -2.32. The number of Topliss-reactive ketones (excluding diaryl/α,β-unsaturated/α-hetero) is 1. The normalized spacial score (nSPS) is 15.1. The van der Waals surface area contributed by atoms with Gasteiger partial charge in [0.1, 0.15) is 0 Å². The summed E-state index contributed by atoms with van der Waals surface area (Å²) >= 11 is 0. The fourth-order valence-electron chi connectivity index (χ4n) is 4.05. The topological polar surface area (TPSA) is 50.3 Å². The number of carbonyl (C=O) groups excluding carboxylic acids is 2. The van der Waals surface area contributed by atoms with E-state index in [9.17, 15) is 9.59 Å². The Morgan fingerprint density at radius 3 is 2.34 bits per heavy atom. The van der Waals surface area contributed by atoms with Crippen molar-refractivity contribution in [3.63, 3.8) is 0 Å². The zero-order chi connectivity index (χ0) is 20.4. The van der Waals surface area contributed by atoms with Crippen LogP contribution in [0.1, 0.15) is 37.0 Å². The van der Waals surface area contributed by atoms with Crippen LogP contribution in [0.15, 0.2) is 60.8 Å². The van der Waals surface area contributed by atoms with Crippen molar-refractivity contribution in [1.29, 1.82) is 0 Å². The number of fused-ring (bicyclic) bond motifs is 1. The molecule has 148 valence electrons. The van der Waals surface area contributed by atoms with Crippen LogP contribution in [0.3, 0.4) is 0 Å². The van der Waals surface area contributed by atoms with E-state index in [2.05, 4.69) is 23.2 Å². The van der Waals surface area contributed by atoms with Crippen molar-refractivity contribution < 1.29 is 9.59 Å². The number of nitrogens with zero attached hydrogens (tertiary/aromatic N) is 2. The first-order valence-electron chi connectivity index (χ1n) is 10.3. The average molecular weight is 386 g/mol. The Morgan fingerprint density at radius 2 is 1.66 bits per heavy atom.